The maximum absolute atomic E-state index is 5.43. The molecule has 0 saturated carbocycles. The maximum Gasteiger partial charge on any atom is 0.263 e. The van der Waals surface area contributed by atoms with Gasteiger partial charge in [0.1, 0.15) is 0 Å². The highest BCUT2D eigenvalue weighted by Crippen LogP contribution is 1.96. The Morgan fingerprint density at radius 3 is 3.00 bits per heavy atom. The van der Waals surface area contributed by atoms with Gasteiger partial charge in [-0.2, -0.15) is 5.10 Å². The van der Waals surface area contributed by atoms with Gasteiger partial charge in [0.2, 0.25) is 0 Å². The molecule has 0 radical (unpaired) electrons. The van der Waals surface area contributed by atoms with Crippen molar-refractivity contribution in [3.05, 3.63) is 29.6 Å². The fourth-order valence-corrected chi connectivity index (χ4v) is 1.02. The largest absolute Gasteiger partial charge is 0.365 e. The first kappa shape index (κ1) is 9.25. The number of nitrogens with two attached hydrogens (primary N) is 1. The Kier molecular flexibility index (Phi) is 2.36. The zero-order valence-electron chi connectivity index (χ0n) is 8.07. The van der Waals surface area contributed by atoms with Crippen molar-refractivity contribution >= 4 is 12.2 Å². The quantitative estimate of drug-likeness (QED) is 0.684. The van der Waals surface area contributed by atoms with E-state index in [9.17, 15) is 0 Å². The van der Waals surface area contributed by atoms with Gasteiger partial charge in [0.15, 0.2) is 0 Å². The predicted octanol–water partition coefficient (Wildman–Crippen LogP) is -0.159. The average molecular weight is 203 g/mol. The Labute approximate surface area is 85.6 Å². The highest BCUT2D eigenvalue weighted by atomic mass is 15.7. The molecule has 0 spiro atoms. The molecule has 7 heteroatoms. The van der Waals surface area contributed by atoms with Crippen molar-refractivity contribution in [2.24, 2.45) is 5.10 Å². The molecule has 15 heavy (non-hydrogen) atoms. The topological polar surface area (TPSA) is 94.9 Å². The third-order valence-electron chi connectivity index (χ3n) is 1.69. The first-order valence-electron chi connectivity index (χ1n) is 4.27. The van der Waals surface area contributed by atoms with Gasteiger partial charge in [-0.1, -0.05) is 16.0 Å². The standard InChI is InChI=1S/C8H9N7/c1-6-3-2-4-7(11-6)5-10-15-8(9)12-13-14-15/h2-5H,1H3,(H2,9,12,14)/b10-5+. The first-order valence-corrected chi connectivity index (χ1v) is 4.27. The van der Waals surface area contributed by atoms with Gasteiger partial charge in [-0.25, -0.2) is 0 Å². The van der Waals surface area contributed by atoms with E-state index in [1.54, 1.807) is 6.21 Å². The molecule has 0 aliphatic carbocycles. The molecule has 0 aliphatic heterocycles. The van der Waals surface area contributed by atoms with Crippen molar-refractivity contribution in [3.63, 3.8) is 0 Å². The molecule has 0 saturated heterocycles. The third-order valence-corrected chi connectivity index (χ3v) is 1.69. The van der Waals surface area contributed by atoms with Crippen LogP contribution in [0.25, 0.3) is 0 Å². The number of rotatable bonds is 2. The van der Waals surface area contributed by atoms with Crippen molar-refractivity contribution in [2.45, 2.75) is 6.92 Å². The van der Waals surface area contributed by atoms with Gasteiger partial charge in [-0.3, -0.25) is 4.98 Å². The van der Waals surface area contributed by atoms with Gasteiger partial charge in [0.05, 0.1) is 11.9 Å². The summed E-state index contributed by atoms with van der Waals surface area (Å²) in [6.07, 6.45) is 1.54. The SMILES string of the molecule is Cc1cccc(/C=N/n2nnnc2N)n1. The molecule has 0 fully saturated rings. The summed E-state index contributed by atoms with van der Waals surface area (Å²) >= 11 is 0. The van der Waals surface area contributed by atoms with Gasteiger partial charge in [0, 0.05) is 5.69 Å². The Hall–Kier alpha value is -2.31. The average Bonchev–Trinajstić information content (AvgIpc) is 2.61. The Morgan fingerprint density at radius 1 is 1.47 bits per heavy atom. The summed E-state index contributed by atoms with van der Waals surface area (Å²) < 4.78 is 0. The second-order valence-corrected chi connectivity index (χ2v) is 2.87. The van der Waals surface area contributed by atoms with Gasteiger partial charge in [-0.15, -0.1) is 0 Å². The Balaban J connectivity index is 2.22. The van der Waals surface area contributed by atoms with Gasteiger partial charge < -0.3 is 5.73 Å². The summed E-state index contributed by atoms with van der Waals surface area (Å²) in [5, 5.41) is 14.4. The first-order chi connectivity index (χ1) is 7.25. The monoisotopic (exact) mass is 203 g/mol. The van der Waals surface area contributed by atoms with Crippen molar-refractivity contribution in [1.29, 1.82) is 0 Å². The number of hydrogen-bond acceptors (Lipinski definition) is 6. The van der Waals surface area contributed by atoms with Crippen LogP contribution in [0.15, 0.2) is 23.3 Å². The van der Waals surface area contributed by atoms with Crippen LogP contribution in [0, 0.1) is 6.92 Å². The predicted molar refractivity (Wildman–Crippen MR) is 54.2 cm³/mol. The van der Waals surface area contributed by atoms with Gasteiger partial charge in [0.25, 0.3) is 5.95 Å². The Bertz CT molecular complexity index is 487. The molecule has 76 valence electrons. The van der Waals surface area contributed by atoms with E-state index < -0.39 is 0 Å². The second-order valence-electron chi connectivity index (χ2n) is 2.87. The number of nitrogen functional groups attached to an aromatic ring is 1. The van der Waals surface area contributed by atoms with E-state index in [2.05, 4.69) is 25.6 Å². The maximum atomic E-state index is 5.43. The van der Waals surface area contributed by atoms with Gasteiger partial charge >= 0.3 is 0 Å². The van der Waals surface area contributed by atoms with E-state index in [-0.39, 0.29) is 5.95 Å². The fourth-order valence-electron chi connectivity index (χ4n) is 1.02. The molecule has 0 amide bonds. The summed E-state index contributed by atoms with van der Waals surface area (Å²) in [5.41, 5.74) is 7.07. The molecule has 0 aliphatic rings. The van der Waals surface area contributed by atoms with E-state index in [1.807, 2.05) is 25.1 Å². The van der Waals surface area contributed by atoms with E-state index >= 15 is 0 Å². The number of nitrogens with zero attached hydrogens (tertiary/aromatic N) is 6. The summed E-state index contributed by atoms with van der Waals surface area (Å²) in [6, 6.07) is 5.63. The molecular weight excluding hydrogens is 194 g/mol. The fraction of sp³-hybridized carbons (Fsp3) is 0.125. The van der Waals surface area contributed by atoms with Crippen LogP contribution >= 0.6 is 0 Å². The van der Waals surface area contributed by atoms with Crippen LogP contribution in [-0.2, 0) is 0 Å². The van der Waals surface area contributed by atoms with Crippen molar-refractivity contribution < 1.29 is 0 Å². The molecule has 0 bridgehead atoms. The minimum Gasteiger partial charge on any atom is -0.365 e. The zero-order chi connectivity index (χ0) is 10.7. The molecular formula is C8H9N7. The highest BCUT2D eigenvalue weighted by molar-refractivity contribution is 5.76. The third kappa shape index (κ3) is 2.13. The number of aromatic nitrogens is 5. The lowest BCUT2D eigenvalue weighted by Crippen LogP contribution is -2.00. The molecule has 0 unspecified atom stereocenters. The summed E-state index contributed by atoms with van der Waals surface area (Å²) in [6.45, 7) is 1.91. The molecule has 7 nitrogen and oxygen atoms in total. The molecule has 0 aromatic carbocycles. The van der Waals surface area contributed by atoms with E-state index in [4.69, 9.17) is 5.73 Å². The number of aryl methyl sites for hydroxylation is 1. The van der Waals surface area contributed by atoms with Crippen molar-refractivity contribution in [1.82, 2.24) is 25.3 Å². The van der Waals surface area contributed by atoms with Crippen molar-refractivity contribution in [3.8, 4) is 0 Å². The molecule has 2 rings (SSSR count). The van der Waals surface area contributed by atoms with Crippen molar-refractivity contribution in [2.75, 3.05) is 5.73 Å². The van der Waals surface area contributed by atoms with Crippen LogP contribution in [0.4, 0.5) is 5.95 Å². The Morgan fingerprint density at radius 2 is 2.33 bits per heavy atom. The number of tetrazole rings is 1. The van der Waals surface area contributed by atoms with Crippen LogP contribution in [-0.4, -0.2) is 31.5 Å². The second kappa shape index (κ2) is 3.82. The lowest BCUT2D eigenvalue weighted by molar-refractivity contribution is 0.699. The van der Waals surface area contributed by atoms with Crippen LogP contribution in [0.3, 0.4) is 0 Å². The molecule has 2 aromatic heterocycles. The van der Waals surface area contributed by atoms with E-state index in [0.717, 1.165) is 16.2 Å². The van der Waals surface area contributed by atoms with E-state index in [1.165, 1.54) is 0 Å². The minimum atomic E-state index is 0.138. The summed E-state index contributed by atoms with van der Waals surface area (Å²) in [4.78, 5) is 5.36. The van der Waals surface area contributed by atoms with Gasteiger partial charge in [-0.05, 0) is 29.5 Å². The summed E-state index contributed by atoms with van der Waals surface area (Å²) in [5.74, 6) is 0.138. The summed E-state index contributed by atoms with van der Waals surface area (Å²) in [7, 11) is 0. The smallest absolute Gasteiger partial charge is 0.263 e. The van der Waals surface area contributed by atoms with Crippen LogP contribution in [0.5, 0.6) is 0 Å². The number of hydrogen-bond donors (Lipinski definition) is 1. The lowest BCUT2D eigenvalue weighted by Gasteiger charge is -1.94. The molecule has 2 aromatic rings. The molecule has 2 N–H and O–H groups in total. The van der Waals surface area contributed by atoms with E-state index in [0.29, 0.717) is 0 Å². The zero-order valence-corrected chi connectivity index (χ0v) is 8.07. The molecule has 0 atom stereocenters. The minimum absolute atomic E-state index is 0.138. The lowest BCUT2D eigenvalue weighted by atomic mass is 10.3. The van der Waals surface area contributed by atoms with Crippen LogP contribution in [0.2, 0.25) is 0 Å². The van der Waals surface area contributed by atoms with Crippen LogP contribution in [0.1, 0.15) is 11.4 Å². The molecule has 2 heterocycles. The van der Waals surface area contributed by atoms with Crippen LogP contribution < -0.4 is 5.73 Å². The normalized spacial score (nSPS) is 11.0. The number of anilines is 1. The highest BCUT2D eigenvalue weighted by Gasteiger charge is 1.96. The number of pyridine rings is 1.